The minimum atomic E-state index is 0.662. The summed E-state index contributed by atoms with van der Waals surface area (Å²) in [6.45, 7) is 4.45. The van der Waals surface area contributed by atoms with E-state index in [-0.39, 0.29) is 0 Å². The molecule has 0 saturated carbocycles. The summed E-state index contributed by atoms with van der Waals surface area (Å²) in [4.78, 5) is 2.72. The molecule has 4 bridgehead atoms. The first-order valence-corrected chi connectivity index (χ1v) is 16.2. The topological polar surface area (TPSA) is 47.6 Å². The molecule has 0 saturated heterocycles. The Kier molecular flexibility index (Phi) is 8.08. The van der Waals surface area contributed by atoms with E-state index in [0.29, 0.717) is 11.1 Å². The highest BCUT2D eigenvalue weighted by Crippen LogP contribution is 2.62. The first-order valence-electron chi connectivity index (χ1n) is 11.0. The van der Waals surface area contributed by atoms with Crippen molar-refractivity contribution in [2.45, 2.75) is 20.3 Å². The lowest BCUT2D eigenvalue weighted by Gasteiger charge is -2.19. The van der Waals surface area contributed by atoms with Crippen LogP contribution in [0.4, 0.5) is 0 Å². The normalized spacial score (nSPS) is 22.9. The highest BCUT2D eigenvalue weighted by atomic mass is 32.2. The fraction of sp³-hybridized carbons (Fsp3) is 0.185. The van der Waals surface area contributed by atoms with Crippen molar-refractivity contribution in [3.63, 3.8) is 0 Å². The standard InChI is InChI=1S/C27H20N2S6/c1-16-24-30-12-3-13-31-25-17(2)33-27(35-25)23(21-10-6-19(15-29)7-11-21)22(26(32-16)34-24)20-8-4-18(14-28)5-9-20/h4-11H,3,12-13H2,1-2H3/b26-22-,27-23-. The smallest absolute Gasteiger partial charge is 0.0991 e. The zero-order valence-electron chi connectivity index (χ0n) is 19.1. The molecule has 0 unspecified atom stereocenters. The molecule has 0 atom stereocenters. The molecule has 0 aliphatic carbocycles. The van der Waals surface area contributed by atoms with Crippen molar-refractivity contribution in [3.05, 3.63) is 97.5 Å². The molecule has 0 amide bonds. The van der Waals surface area contributed by atoms with Crippen LogP contribution >= 0.6 is 70.6 Å². The van der Waals surface area contributed by atoms with Crippen LogP contribution in [0.25, 0.3) is 11.1 Å². The predicted octanol–water partition coefficient (Wildman–Crippen LogP) is 9.68. The molecular weight excluding hydrogens is 545 g/mol. The third kappa shape index (κ3) is 5.44. The van der Waals surface area contributed by atoms with Crippen LogP contribution in [0.15, 0.2) is 75.3 Å². The molecule has 0 aromatic heterocycles. The lowest BCUT2D eigenvalue weighted by Crippen LogP contribution is -1.96. The monoisotopic (exact) mass is 564 g/mol. The summed E-state index contributed by atoms with van der Waals surface area (Å²) in [5.74, 6) is 2.25. The Balaban J connectivity index is 1.75. The summed E-state index contributed by atoms with van der Waals surface area (Å²) in [5, 5.41) is 18.8. The summed E-state index contributed by atoms with van der Waals surface area (Å²) in [5.41, 5.74) is 5.96. The van der Waals surface area contributed by atoms with Crippen molar-refractivity contribution >= 4 is 81.7 Å². The molecule has 0 fully saturated rings. The number of allylic oxidation sites excluding steroid dienone is 4. The predicted molar refractivity (Wildman–Crippen MR) is 161 cm³/mol. The third-order valence-electron chi connectivity index (χ3n) is 5.46. The quantitative estimate of drug-likeness (QED) is 0.357. The lowest BCUT2D eigenvalue weighted by molar-refractivity contribution is 1.13. The van der Waals surface area contributed by atoms with Crippen molar-refractivity contribution in [3.8, 4) is 12.1 Å². The van der Waals surface area contributed by atoms with E-state index < -0.39 is 0 Å². The maximum absolute atomic E-state index is 9.38. The van der Waals surface area contributed by atoms with E-state index in [1.165, 1.54) is 44.3 Å². The van der Waals surface area contributed by atoms with Gasteiger partial charge < -0.3 is 0 Å². The van der Waals surface area contributed by atoms with Gasteiger partial charge in [0.05, 0.1) is 40.2 Å². The van der Waals surface area contributed by atoms with E-state index in [2.05, 4.69) is 50.3 Å². The van der Waals surface area contributed by atoms with Crippen LogP contribution in [-0.4, -0.2) is 11.5 Å². The van der Waals surface area contributed by atoms with Crippen molar-refractivity contribution in [1.82, 2.24) is 0 Å². The molecule has 2 aromatic carbocycles. The molecule has 0 spiro atoms. The van der Waals surface area contributed by atoms with E-state index in [1.54, 1.807) is 0 Å². The molecule has 174 valence electrons. The molecule has 0 N–H and O–H groups in total. The second-order valence-electron chi connectivity index (χ2n) is 7.85. The molecule has 0 radical (unpaired) electrons. The summed E-state index contributed by atoms with van der Waals surface area (Å²) >= 11 is 11.4. The van der Waals surface area contributed by atoms with Crippen molar-refractivity contribution < 1.29 is 0 Å². The summed E-state index contributed by atoms with van der Waals surface area (Å²) in [6, 6.07) is 20.4. The number of fused-ring (bicyclic) bond motifs is 4. The average Bonchev–Trinajstić information content (AvgIpc) is 3.43. The van der Waals surface area contributed by atoms with Gasteiger partial charge in [0, 0.05) is 21.0 Å². The summed E-state index contributed by atoms with van der Waals surface area (Å²) < 4.78 is 5.34. The van der Waals surface area contributed by atoms with Gasteiger partial charge in [0.15, 0.2) is 0 Å². The van der Waals surface area contributed by atoms with Gasteiger partial charge in [-0.05, 0) is 67.2 Å². The molecule has 3 aliphatic rings. The minimum Gasteiger partial charge on any atom is -0.192 e. The fourth-order valence-electron chi connectivity index (χ4n) is 3.72. The van der Waals surface area contributed by atoms with Crippen LogP contribution in [0.1, 0.15) is 42.5 Å². The molecule has 2 aromatic rings. The number of nitriles is 2. The number of rotatable bonds is 2. The van der Waals surface area contributed by atoms with Gasteiger partial charge in [-0.15, -0.1) is 23.5 Å². The number of thioether (sulfide) groups is 6. The van der Waals surface area contributed by atoms with E-state index in [1.807, 2.05) is 94.8 Å². The maximum Gasteiger partial charge on any atom is 0.0991 e. The highest BCUT2D eigenvalue weighted by Gasteiger charge is 2.30. The number of hydrogen-bond donors (Lipinski definition) is 0. The van der Waals surface area contributed by atoms with Crippen molar-refractivity contribution in [1.29, 1.82) is 10.5 Å². The first-order chi connectivity index (χ1) is 17.1. The zero-order chi connectivity index (χ0) is 24.4. The van der Waals surface area contributed by atoms with Crippen molar-refractivity contribution in [2.75, 3.05) is 11.5 Å². The van der Waals surface area contributed by atoms with E-state index in [4.69, 9.17) is 0 Å². The Morgan fingerprint density at radius 3 is 1.34 bits per heavy atom. The molecule has 3 heterocycles. The van der Waals surface area contributed by atoms with E-state index >= 15 is 0 Å². The fourth-order valence-corrected chi connectivity index (χ4v) is 12.4. The second-order valence-corrected chi connectivity index (χ2v) is 15.6. The molecule has 8 heteroatoms. The average molecular weight is 565 g/mol. The Morgan fingerprint density at radius 2 is 0.971 bits per heavy atom. The Morgan fingerprint density at radius 1 is 0.571 bits per heavy atom. The highest BCUT2D eigenvalue weighted by molar-refractivity contribution is 8.36. The van der Waals surface area contributed by atoms with Crippen LogP contribution < -0.4 is 0 Å². The third-order valence-corrected chi connectivity index (χ3v) is 13.9. The molecule has 2 nitrogen and oxygen atoms in total. The Labute approximate surface area is 232 Å². The summed E-state index contributed by atoms with van der Waals surface area (Å²) in [6.07, 6.45) is 1.18. The largest absolute Gasteiger partial charge is 0.192 e. The van der Waals surface area contributed by atoms with Crippen LogP contribution in [0, 0.1) is 22.7 Å². The van der Waals surface area contributed by atoms with Gasteiger partial charge in [-0.1, -0.05) is 71.3 Å². The van der Waals surface area contributed by atoms with Crippen molar-refractivity contribution in [2.24, 2.45) is 0 Å². The van der Waals surface area contributed by atoms with Gasteiger partial charge in [-0.25, -0.2) is 0 Å². The minimum absolute atomic E-state index is 0.662. The second kappa shape index (κ2) is 11.3. The number of benzene rings is 2. The summed E-state index contributed by atoms with van der Waals surface area (Å²) in [7, 11) is 0. The number of nitrogens with zero attached hydrogens (tertiary/aromatic N) is 2. The SMILES string of the molecule is CC1=C2SCCCSC3=C(C)S/C(=C(c4ccc(C#N)cc4)/C(c4ccc(C#N)cc4)=C(/S1)S2)S3. The van der Waals surface area contributed by atoms with Gasteiger partial charge in [-0.2, -0.15) is 10.5 Å². The maximum atomic E-state index is 9.38. The molecule has 35 heavy (non-hydrogen) atoms. The Hall–Kier alpha value is -1.52. The van der Waals surface area contributed by atoms with Crippen LogP contribution in [0.2, 0.25) is 0 Å². The molecule has 3 aliphatic heterocycles. The van der Waals surface area contributed by atoms with Gasteiger partial charge in [0.25, 0.3) is 0 Å². The van der Waals surface area contributed by atoms with Crippen LogP contribution in [0.3, 0.4) is 0 Å². The van der Waals surface area contributed by atoms with Crippen LogP contribution in [-0.2, 0) is 0 Å². The van der Waals surface area contributed by atoms with Gasteiger partial charge in [0.2, 0.25) is 0 Å². The molecule has 5 rings (SSSR count). The number of hydrogen-bond acceptors (Lipinski definition) is 8. The van der Waals surface area contributed by atoms with Crippen LogP contribution in [0.5, 0.6) is 0 Å². The van der Waals surface area contributed by atoms with Gasteiger partial charge in [-0.3, -0.25) is 0 Å². The van der Waals surface area contributed by atoms with E-state index in [0.717, 1.165) is 22.6 Å². The van der Waals surface area contributed by atoms with Gasteiger partial charge >= 0.3 is 0 Å². The van der Waals surface area contributed by atoms with Gasteiger partial charge in [0.1, 0.15) is 0 Å². The molecular formula is C27H20N2S6. The zero-order valence-corrected chi connectivity index (χ0v) is 24.0. The lowest BCUT2D eigenvalue weighted by atomic mass is 9.93. The first kappa shape index (κ1) is 25.1. The Bertz CT molecular complexity index is 1280. The van der Waals surface area contributed by atoms with E-state index in [9.17, 15) is 10.5 Å².